The smallest absolute Gasteiger partial charge is 0.289 e. The summed E-state index contributed by atoms with van der Waals surface area (Å²) in [5, 5.41) is 6.68. The molecule has 0 aliphatic rings. The van der Waals surface area contributed by atoms with Gasteiger partial charge < -0.3 is 14.6 Å². The highest BCUT2D eigenvalue weighted by Crippen LogP contribution is 2.27. The second kappa shape index (κ2) is 7.72. The number of nitrogens with two attached hydrogens (primary N) is 1. The van der Waals surface area contributed by atoms with Gasteiger partial charge in [0.25, 0.3) is 11.7 Å². The molecular weight excluding hydrogens is 356 g/mol. The number of rotatable bonds is 5. The van der Waals surface area contributed by atoms with Gasteiger partial charge in [0.05, 0.1) is 19.1 Å². The lowest BCUT2D eigenvalue weighted by molar-refractivity contribution is -0.375. The lowest BCUT2D eigenvalue weighted by Gasteiger charge is -2.12. The highest BCUT2D eigenvalue weighted by molar-refractivity contribution is 5.91. The Hall–Kier alpha value is -3.35. The first-order valence-corrected chi connectivity index (χ1v) is 8.98. The van der Waals surface area contributed by atoms with Gasteiger partial charge in [-0.1, -0.05) is 50.2 Å². The number of anilines is 2. The van der Waals surface area contributed by atoms with Crippen molar-refractivity contribution < 1.29 is 19.0 Å². The van der Waals surface area contributed by atoms with Crippen molar-refractivity contribution in [2.75, 3.05) is 18.2 Å². The molecule has 146 valence electrons. The Labute approximate surface area is 163 Å². The molecule has 0 saturated heterocycles. The molecule has 1 aromatic carbocycles. The summed E-state index contributed by atoms with van der Waals surface area (Å²) < 4.78 is 10.6. The molecule has 2 heterocycles. The molecule has 2 aromatic heterocycles. The first-order chi connectivity index (χ1) is 13.3. The summed E-state index contributed by atoms with van der Waals surface area (Å²) in [6, 6.07) is 13.1. The zero-order valence-electron chi connectivity index (χ0n) is 16.5. The van der Waals surface area contributed by atoms with E-state index in [-0.39, 0.29) is 17.7 Å². The first-order valence-electron chi connectivity index (χ1n) is 8.98. The summed E-state index contributed by atoms with van der Waals surface area (Å²) in [7, 11) is 1.59. The molecule has 0 unspecified atom stereocenters. The maximum absolute atomic E-state index is 12.3. The van der Waals surface area contributed by atoms with Crippen LogP contribution in [0.5, 0.6) is 5.88 Å². The molecule has 7 heteroatoms. The standard InChI is InChI=1S/C21H24N4O3/c1-21(2,3)16-12-18(25-28-16)24-19(26)11-13-5-7-14(8-6-13)15-9-10-17(22)23-20(15)27-4/h5-10,12H,11H2,1-4H3,(H2,22,23)(H,24,25,26)/p+1. The second-order valence-electron chi connectivity index (χ2n) is 7.61. The summed E-state index contributed by atoms with van der Waals surface area (Å²) in [5.74, 6) is 2.11. The Bertz CT molecular complexity index is 972. The molecule has 3 rings (SSSR count). The van der Waals surface area contributed by atoms with Crippen LogP contribution >= 0.6 is 0 Å². The SMILES string of the molecule is COc1[nH+]c(N)ccc1-c1ccc(CC(=O)Nc2cc(C(C)(C)C)on2)cc1. The average Bonchev–Trinajstić information content (AvgIpc) is 3.11. The number of hydrogen-bond acceptors (Lipinski definition) is 5. The van der Waals surface area contributed by atoms with Crippen molar-refractivity contribution in [1.29, 1.82) is 0 Å². The van der Waals surface area contributed by atoms with Crippen LogP contribution in [0, 0.1) is 0 Å². The zero-order chi connectivity index (χ0) is 20.3. The Balaban J connectivity index is 1.67. The number of ether oxygens (including phenoxy) is 1. The van der Waals surface area contributed by atoms with Gasteiger partial charge in [0.15, 0.2) is 5.82 Å². The first kappa shape index (κ1) is 19.4. The molecule has 0 aliphatic heterocycles. The zero-order valence-corrected chi connectivity index (χ0v) is 16.5. The topological polar surface area (TPSA) is 105 Å². The fraction of sp³-hybridized carbons (Fsp3) is 0.286. The summed E-state index contributed by atoms with van der Waals surface area (Å²) in [4.78, 5) is 15.3. The summed E-state index contributed by atoms with van der Waals surface area (Å²) in [6.07, 6.45) is 0.239. The minimum atomic E-state index is -0.160. The van der Waals surface area contributed by atoms with E-state index in [1.807, 2.05) is 51.1 Å². The van der Waals surface area contributed by atoms with Gasteiger partial charge in [-0.15, -0.1) is 0 Å². The maximum atomic E-state index is 12.3. The molecule has 0 radical (unpaired) electrons. The van der Waals surface area contributed by atoms with E-state index in [1.54, 1.807) is 19.2 Å². The van der Waals surface area contributed by atoms with E-state index in [0.717, 1.165) is 22.5 Å². The molecule has 0 bridgehead atoms. The fourth-order valence-corrected chi connectivity index (χ4v) is 2.74. The quantitative estimate of drug-likeness (QED) is 0.706. The fourth-order valence-electron chi connectivity index (χ4n) is 2.74. The monoisotopic (exact) mass is 381 g/mol. The van der Waals surface area contributed by atoms with Crippen LogP contribution in [0.25, 0.3) is 11.1 Å². The van der Waals surface area contributed by atoms with Crippen molar-refractivity contribution in [2.45, 2.75) is 32.6 Å². The average molecular weight is 381 g/mol. The number of aromatic amines is 1. The van der Waals surface area contributed by atoms with Gasteiger partial charge in [0.2, 0.25) is 5.91 Å². The number of nitrogen functional groups attached to an aromatic ring is 1. The van der Waals surface area contributed by atoms with E-state index in [2.05, 4.69) is 15.5 Å². The van der Waals surface area contributed by atoms with Crippen LogP contribution < -0.4 is 20.8 Å². The summed E-state index contributed by atoms with van der Waals surface area (Å²) in [6.45, 7) is 6.07. The van der Waals surface area contributed by atoms with Gasteiger partial charge in [-0.25, -0.2) is 4.98 Å². The van der Waals surface area contributed by atoms with E-state index in [9.17, 15) is 4.79 Å². The van der Waals surface area contributed by atoms with E-state index in [1.165, 1.54) is 0 Å². The van der Waals surface area contributed by atoms with E-state index in [0.29, 0.717) is 17.5 Å². The Morgan fingerprint density at radius 3 is 2.54 bits per heavy atom. The van der Waals surface area contributed by atoms with Crippen molar-refractivity contribution >= 4 is 17.5 Å². The Morgan fingerprint density at radius 1 is 1.21 bits per heavy atom. The van der Waals surface area contributed by atoms with Gasteiger partial charge in [0.1, 0.15) is 5.76 Å². The minimum absolute atomic E-state index is 0.153. The number of carbonyl (C=O) groups is 1. The number of methoxy groups -OCH3 is 1. The number of aromatic nitrogens is 2. The number of amides is 1. The molecule has 4 N–H and O–H groups in total. The van der Waals surface area contributed by atoms with Gasteiger partial charge in [-0.05, 0) is 17.2 Å². The van der Waals surface area contributed by atoms with Crippen LogP contribution in [0.4, 0.5) is 11.6 Å². The van der Waals surface area contributed by atoms with E-state index >= 15 is 0 Å². The highest BCUT2D eigenvalue weighted by atomic mass is 16.5. The third-order valence-corrected chi connectivity index (χ3v) is 4.28. The molecule has 7 nitrogen and oxygen atoms in total. The molecule has 3 aromatic rings. The molecule has 28 heavy (non-hydrogen) atoms. The second-order valence-corrected chi connectivity index (χ2v) is 7.61. The largest absolute Gasteiger partial charge is 0.465 e. The van der Waals surface area contributed by atoms with Gasteiger partial charge >= 0.3 is 0 Å². The number of benzene rings is 1. The van der Waals surface area contributed by atoms with Crippen molar-refractivity contribution in [3.63, 3.8) is 0 Å². The lowest BCUT2D eigenvalue weighted by atomic mass is 9.93. The third-order valence-electron chi connectivity index (χ3n) is 4.28. The minimum Gasteiger partial charge on any atom is -0.465 e. The predicted octanol–water partition coefficient (Wildman–Crippen LogP) is 3.23. The van der Waals surface area contributed by atoms with Crippen LogP contribution in [-0.2, 0) is 16.6 Å². The van der Waals surface area contributed by atoms with Crippen molar-refractivity contribution in [3.05, 3.63) is 53.8 Å². The molecular formula is C21H25N4O3+. The van der Waals surface area contributed by atoms with Crippen LogP contribution in [0.15, 0.2) is 47.0 Å². The predicted molar refractivity (Wildman–Crippen MR) is 107 cm³/mol. The molecule has 1 amide bonds. The van der Waals surface area contributed by atoms with Gasteiger partial charge in [0, 0.05) is 17.5 Å². The van der Waals surface area contributed by atoms with Crippen LogP contribution in [0.3, 0.4) is 0 Å². The van der Waals surface area contributed by atoms with E-state index in [4.69, 9.17) is 15.0 Å². The van der Waals surface area contributed by atoms with E-state index < -0.39 is 0 Å². The van der Waals surface area contributed by atoms with Crippen LogP contribution in [-0.4, -0.2) is 18.2 Å². The van der Waals surface area contributed by atoms with Gasteiger partial charge in [-0.2, -0.15) is 0 Å². The number of pyridine rings is 1. The Kier molecular flexibility index (Phi) is 5.35. The number of nitrogens with one attached hydrogen (secondary N) is 2. The van der Waals surface area contributed by atoms with Crippen molar-refractivity contribution in [3.8, 4) is 17.0 Å². The third kappa shape index (κ3) is 4.49. The number of carbonyl (C=O) groups excluding carboxylic acids is 1. The molecule has 0 atom stereocenters. The highest BCUT2D eigenvalue weighted by Gasteiger charge is 2.20. The number of H-pyrrole nitrogens is 1. The lowest BCUT2D eigenvalue weighted by Crippen LogP contribution is -2.15. The van der Waals surface area contributed by atoms with Crippen molar-refractivity contribution in [1.82, 2.24) is 5.16 Å². The number of nitrogens with zero attached hydrogens (tertiary/aromatic N) is 1. The molecule has 0 aliphatic carbocycles. The maximum Gasteiger partial charge on any atom is 0.289 e. The van der Waals surface area contributed by atoms with Crippen molar-refractivity contribution in [2.24, 2.45) is 0 Å². The van der Waals surface area contributed by atoms with Crippen LogP contribution in [0.1, 0.15) is 32.1 Å². The normalized spacial score (nSPS) is 11.3. The molecule has 0 saturated carbocycles. The molecule has 0 fully saturated rings. The van der Waals surface area contributed by atoms with Gasteiger partial charge in [-0.3, -0.25) is 10.5 Å². The summed E-state index contributed by atoms with van der Waals surface area (Å²) >= 11 is 0. The molecule has 0 spiro atoms. The Morgan fingerprint density at radius 2 is 1.93 bits per heavy atom. The summed E-state index contributed by atoms with van der Waals surface area (Å²) in [5.41, 5.74) is 8.34. The number of hydrogen-bond donors (Lipinski definition) is 2. The van der Waals surface area contributed by atoms with Crippen LogP contribution in [0.2, 0.25) is 0 Å².